The lowest BCUT2D eigenvalue weighted by molar-refractivity contribution is -0.129. The number of carbonyl (C=O) groups is 2. The molecule has 2 fully saturated rings. The van der Waals surface area contributed by atoms with Gasteiger partial charge in [0.05, 0.1) is 4.88 Å². The maximum absolute atomic E-state index is 13.0. The van der Waals surface area contributed by atoms with Gasteiger partial charge in [0.15, 0.2) is 0 Å². The summed E-state index contributed by atoms with van der Waals surface area (Å²) in [6.07, 6.45) is 7.13. The maximum atomic E-state index is 13.0. The third kappa shape index (κ3) is 3.67. The van der Waals surface area contributed by atoms with Gasteiger partial charge >= 0.3 is 0 Å². The van der Waals surface area contributed by atoms with Crippen LogP contribution in [-0.4, -0.2) is 65.3 Å². The van der Waals surface area contributed by atoms with E-state index in [1.54, 1.807) is 18.3 Å². The highest BCUT2D eigenvalue weighted by molar-refractivity contribution is 7.14. The third-order valence-electron chi connectivity index (χ3n) is 6.18. The first-order valence-corrected chi connectivity index (χ1v) is 10.8. The van der Waals surface area contributed by atoms with Crippen molar-refractivity contribution in [1.29, 1.82) is 0 Å². The molecule has 3 aliphatic rings. The van der Waals surface area contributed by atoms with Crippen LogP contribution in [0.4, 0.5) is 0 Å². The Balaban J connectivity index is 1.36. The van der Waals surface area contributed by atoms with E-state index in [4.69, 9.17) is 0 Å². The summed E-state index contributed by atoms with van der Waals surface area (Å²) in [5, 5.41) is 0. The summed E-state index contributed by atoms with van der Waals surface area (Å²) >= 11 is 1.64. The molecule has 1 aromatic rings. The highest BCUT2D eigenvalue weighted by Gasteiger charge is 2.30. The molecule has 1 aromatic heterocycles. The van der Waals surface area contributed by atoms with Gasteiger partial charge in [0.2, 0.25) is 5.91 Å². The van der Waals surface area contributed by atoms with Crippen LogP contribution in [0.15, 0.2) is 6.07 Å². The zero-order valence-electron chi connectivity index (χ0n) is 15.7. The molecule has 0 aliphatic carbocycles. The second kappa shape index (κ2) is 7.69. The van der Waals surface area contributed by atoms with E-state index in [-0.39, 0.29) is 11.8 Å². The lowest BCUT2D eigenvalue weighted by Crippen LogP contribution is -2.48. The minimum atomic E-state index is 0.120. The van der Waals surface area contributed by atoms with Gasteiger partial charge in [-0.15, -0.1) is 11.3 Å². The van der Waals surface area contributed by atoms with Crippen molar-refractivity contribution < 1.29 is 9.59 Å². The van der Waals surface area contributed by atoms with Crippen LogP contribution >= 0.6 is 11.3 Å². The van der Waals surface area contributed by atoms with E-state index in [0.29, 0.717) is 12.6 Å². The van der Waals surface area contributed by atoms with E-state index < -0.39 is 0 Å². The first-order chi connectivity index (χ1) is 12.6. The molecule has 2 amide bonds. The first-order valence-electron chi connectivity index (χ1n) is 10.0. The van der Waals surface area contributed by atoms with Crippen molar-refractivity contribution in [3.63, 3.8) is 0 Å². The molecule has 0 atom stereocenters. The quantitative estimate of drug-likeness (QED) is 0.798. The number of amides is 2. The molecule has 0 bridgehead atoms. The molecule has 142 valence electrons. The number of nitrogens with zero attached hydrogens (tertiary/aromatic N) is 3. The molecule has 0 N–H and O–H groups in total. The minimum Gasteiger partial charge on any atom is -0.338 e. The molecule has 0 saturated carbocycles. The van der Waals surface area contributed by atoms with Crippen molar-refractivity contribution in [2.24, 2.45) is 0 Å². The van der Waals surface area contributed by atoms with Crippen LogP contribution in [0.5, 0.6) is 0 Å². The number of rotatable bonds is 2. The van der Waals surface area contributed by atoms with Crippen molar-refractivity contribution in [3.8, 4) is 0 Å². The fraction of sp³-hybridized carbons (Fsp3) is 0.700. The fourth-order valence-corrected chi connectivity index (χ4v) is 5.71. The first kappa shape index (κ1) is 18.0. The van der Waals surface area contributed by atoms with Crippen LogP contribution in [0.2, 0.25) is 0 Å². The Hall–Kier alpha value is -1.40. The average Bonchev–Trinajstić information content (AvgIpc) is 3.11. The molecule has 0 aromatic carbocycles. The zero-order chi connectivity index (χ0) is 18.1. The van der Waals surface area contributed by atoms with Gasteiger partial charge in [-0.3, -0.25) is 9.59 Å². The zero-order valence-corrected chi connectivity index (χ0v) is 16.5. The summed E-state index contributed by atoms with van der Waals surface area (Å²) in [4.78, 5) is 33.3. The molecule has 4 rings (SSSR count). The normalized spacial score (nSPS) is 22.3. The second-order valence-corrected chi connectivity index (χ2v) is 9.01. The largest absolute Gasteiger partial charge is 0.338 e. The van der Waals surface area contributed by atoms with Crippen molar-refractivity contribution in [2.45, 2.75) is 58.0 Å². The summed E-state index contributed by atoms with van der Waals surface area (Å²) in [6, 6.07) is 2.70. The molecule has 5 nitrogen and oxygen atoms in total. The average molecular weight is 376 g/mol. The molecule has 0 unspecified atom stereocenters. The molecular weight excluding hydrogens is 346 g/mol. The smallest absolute Gasteiger partial charge is 0.263 e. The predicted molar refractivity (Wildman–Crippen MR) is 103 cm³/mol. The molecule has 3 aliphatic heterocycles. The van der Waals surface area contributed by atoms with Crippen molar-refractivity contribution in [2.75, 3.05) is 32.7 Å². The van der Waals surface area contributed by atoms with Gasteiger partial charge in [-0.1, -0.05) is 6.42 Å². The number of likely N-dealkylation sites (tertiary alicyclic amines) is 2. The number of carbonyl (C=O) groups excluding carboxylic acids is 2. The van der Waals surface area contributed by atoms with Gasteiger partial charge in [0.1, 0.15) is 0 Å². The monoisotopic (exact) mass is 375 g/mol. The van der Waals surface area contributed by atoms with Crippen LogP contribution < -0.4 is 0 Å². The van der Waals surface area contributed by atoms with Crippen LogP contribution in [0.3, 0.4) is 0 Å². The summed E-state index contributed by atoms with van der Waals surface area (Å²) in [5.74, 6) is 0.311. The lowest BCUT2D eigenvalue weighted by atomic mass is 10.00. The van der Waals surface area contributed by atoms with Crippen molar-refractivity contribution in [1.82, 2.24) is 14.7 Å². The molecule has 4 heterocycles. The fourth-order valence-electron chi connectivity index (χ4n) is 4.58. The third-order valence-corrected chi connectivity index (χ3v) is 7.41. The summed E-state index contributed by atoms with van der Waals surface area (Å²) in [6.45, 7) is 7.29. The number of hydrogen-bond donors (Lipinski definition) is 0. The van der Waals surface area contributed by atoms with Gasteiger partial charge in [0.25, 0.3) is 5.91 Å². The molecule has 2 saturated heterocycles. The van der Waals surface area contributed by atoms with Crippen LogP contribution in [-0.2, 0) is 17.8 Å². The highest BCUT2D eigenvalue weighted by atomic mass is 32.1. The Kier molecular flexibility index (Phi) is 5.32. The van der Waals surface area contributed by atoms with E-state index in [2.05, 4.69) is 4.90 Å². The molecule has 6 heteroatoms. The Morgan fingerprint density at radius 3 is 2.42 bits per heavy atom. The topological polar surface area (TPSA) is 43.9 Å². The summed E-state index contributed by atoms with van der Waals surface area (Å²) < 4.78 is 0. The number of hydrogen-bond acceptors (Lipinski definition) is 4. The highest BCUT2D eigenvalue weighted by Crippen LogP contribution is 2.30. The molecule has 0 spiro atoms. The van der Waals surface area contributed by atoms with Crippen LogP contribution in [0, 0.1) is 0 Å². The maximum Gasteiger partial charge on any atom is 0.263 e. The van der Waals surface area contributed by atoms with E-state index in [1.165, 1.54) is 42.8 Å². The van der Waals surface area contributed by atoms with Gasteiger partial charge in [0, 0.05) is 44.0 Å². The van der Waals surface area contributed by atoms with Gasteiger partial charge < -0.3 is 14.7 Å². The standard InChI is InChI=1S/C20H29N3O2S/c1-15(24)23-12-7-18-16(14-23)13-19(26-18)20(25)22-10-5-17(6-11-22)21-8-3-2-4-9-21/h13,17H,2-12,14H2,1H3. The Morgan fingerprint density at radius 1 is 1.00 bits per heavy atom. The van der Waals surface area contributed by atoms with Gasteiger partial charge in [-0.05, 0) is 56.8 Å². The Labute approximate surface area is 159 Å². The Morgan fingerprint density at radius 2 is 1.73 bits per heavy atom. The number of thiophene rings is 1. The van der Waals surface area contributed by atoms with E-state index in [0.717, 1.165) is 43.8 Å². The van der Waals surface area contributed by atoms with Gasteiger partial charge in [-0.25, -0.2) is 0 Å². The lowest BCUT2D eigenvalue weighted by Gasteiger charge is -2.40. The predicted octanol–water partition coefficient (Wildman–Crippen LogP) is 2.74. The molecule has 26 heavy (non-hydrogen) atoms. The summed E-state index contributed by atoms with van der Waals surface area (Å²) in [5.41, 5.74) is 1.17. The van der Waals surface area contributed by atoms with Gasteiger partial charge in [-0.2, -0.15) is 0 Å². The van der Waals surface area contributed by atoms with Crippen LogP contribution in [0.1, 0.15) is 59.1 Å². The Bertz CT molecular complexity index is 673. The molecule has 0 radical (unpaired) electrons. The van der Waals surface area contributed by atoms with Crippen LogP contribution in [0.25, 0.3) is 0 Å². The molecular formula is C20H29N3O2S. The summed E-state index contributed by atoms with van der Waals surface area (Å²) in [7, 11) is 0. The van der Waals surface area contributed by atoms with Crippen molar-refractivity contribution in [3.05, 3.63) is 21.4 Å². The van der Waals surface area contributed by atoms with E-state index >= 15 is 0 Å². The van der Waals surface area contributed by atoms with Crippen molar-refractivity contribution >= 4 is 23.2 Å². The minimum absolute atomic E-state index is 0.120. The van der Waals surface area contributed by atoms with E-state index in [1.807, 2.05) is 15.9 Å². The second-order valence-electron chi connectivity index (χ2n) is 7.87. The number of fused-ring (bicyclic) bond motifs is 1. The SMILES string of the molecule is CC(=O)N1CCc2sc(C(=O)N3CCC(N4CCCCC4)CC3)cc2C1. The van der Waals surface area contributed by atoms with E-state index in [9.17, 15) is 9.59 Å². The number of piperidine rings is 2.